The van der Waals surface area contributed by atoms with Crippen molar-refractivity contribution in [2.45, 2.75) is 25.7 Å². The molecule has 158 valence electrons. The number of carbonyl (C=O) groups is 2. The van der Waals surface area contributed by atoms with Gasteiger partial charge in [0.15, 0.2) is 0 Å². The fourth-order valence-electron chi connectivity index (χ4n) is 4.35. The van der Waals surface area contributed by atoms with Gasteiger partial charge in [0, 0.05) is 37.8 Å². The second-order valence-corrected chi connectivity index (χ2v) is 7.93. The van der Waals surface area contributed by atoms with Gasteiger partial charge in [-0.15, -0.1) is 0 Å². The highest BCUT2D eigenvalue weighted by Gasteiger charge is 2.25. The number of piperazine rings is 1. The first-order valence-electron chi connectivity index (χ1n) is 10.5. The molecule has 1 saturated carbocycles. The first-order valence-corrected chi connectivity index (χ1v) is 10.5. The van der Waals surface area contributed by atoms with Crippen LogP contribution in [0, 0.1) is 11.7 Å². The highest BCUT2D eigenvalue weighted by atomic mass is 19.1. The van der Waals surface area contributed by atoms with Crippen molar-refractivity contribution in [1.82, 2.24) is 0 Å². The third-order valence-corrected chi connectivity index (χ3v) is 6.06. The first-order chi connectivity index (χ1) is 14.5. The number of nitrogens with zero attached hydrogens (tertiary/aromatic N) is 2. The molecule has 2 aromatic carbocycles. The number of para-hydroxylation sites is 1. The van der Waals surface area contributed by atoms with E-state index in [-0.39, 0.29) is 23.2 Å². The summed E-state index contributed by atoms with van der Waals surface area (Å²) in [6, 6.07) is 11.9. The summed E-state index contributed by atoms with van der Waals surface area (Å²) in [5, 5.41) is 12.5. The lowest BCUT2D eigenvalue weighted by Gasteiger charge is -2.37. The van der Waals surface area contributed by atoms with E-state index in [9.17, 15) is 19.1 Å². The molecule has 30 heavy (non-hydrogen) atoms. The molecular weight excluding hydrogens is 385 g/mol. The molecule has 2 aliphatic rings. The lowest BCUT2D eigenvalue weighted by atomic mass is 10.1. The maximum atomic E-state index is 14.0. The Labute approximate surface area is 175 Å². The van der Waals surface area contributed by atoms with Gasteiger partial charge in [0.25, 0.3) is 0 Å². The van der Waals surface area contributed by atoms with Gasteiger partial charge < -0.3 is 20.2 Å². The van der Waals surface area contributed by atoms with Crippen molar-refractivity contribution in [3.8, 4) is 0 Å². The van der Waals surface area contributed by atoms with Crippen LogP contribution in [-0.2, 0) is 4.79 Å². The highest BCUT2D eigenvalue weighted by molar-refractivity contribution is 6.02. The molecule has 0 radical (unpaired) electrons. The average Bonchev–Trinajstić information content (AvgIpc) is 3.30. The number of rotatable bonds is 5. The van der Waals surface area contributed by atoms with E-state index in [1.807, 2.05) is 17.0 Å². The van der Waals surface area contributed by atoms with Gasteiger partial charge in [-0.25, -0.2) is 9.18 Å². The normalized spacial score (nSPS) is 17.2. The van der Waals surface area contributed by atoms with Crippen molar-refractivity contribution in [3.05, 3.63) is 53.8 Å². The molecule has 0 aromatic heterocycles. The Morgan fingerprint density at radius 3 is 2.30 bits per heavy atom. The molecule has 0 spiro atoms. The van der Waals surface area contributed by atoms with Crippen LogP contribution >= 0.6 is 0 Å². The van der Waals surface area contributed by atoms with Crippen molar-refractivity contribution in [3.63, 3.8) is 0 Å². The van der Waals surface area contributed by atoms with Gasteiger partial charge in [-0.1, -0.05) is 25.0 Å². The molecule has 1 saturated heterocycles. The van der Waals surface area contributed by atoms with Gasteiger partial charge in [-0.05, 0) is 43.2 Å². The molecule has 4 rings (SSSR count). The zero-order chi connectivity index (χ0) is 21.1. The van der Waals surface area contributed by atoms with Crippen molar-refractivity contribution < 1.29 is 19.1 Å². The molecule has 1 amide bonds. The fourth-order valence-corrected chi connectivity index (χ4v) is 4.35. The molecule has 1 heterocycles. The number of amides is 1. The maximum absolute atomic E-state index is 14.0. The molecule has 7 heteroatoms. The predicted octanol–water partition coefficient (Wildman–Crippen LogP) is 3.98. The summed E-state index contributed by atoms with van der Waals surface area (Å²) < 4.78 is 14.0. The SMILES string of the molecule is O=C(O)c1cc(N2CCN(c3ccccc3F)CC2)ccc1NC(=O)C1CCCC1. The highest BCUT2D eigenvalue weighted by Crippen LogP contribution is 2.29. The molecule has 1 aliphatic carbocycles. The second kappa shape index (κ2) is 8.73. The Morgan fingerprint density at radius 1 is 0.967 bits per heavy atom. The molecule has 2 fully saturated rings. The van der Waals surface area contributed by atoms with E-state index in [2.05, 4.69) is 10.2 Å². The summed E-state index contributed by atoms with van der Waals surface area (Å²) in [7, 11) is 0. The smallest absolute Gasteiger partial charge is 0.337 e. The van der Waals surface area contributed by atoms with Crippen molar-refractivity contribution >= 4 is 28.9 Å². The summed E-state index contributed by atoms with van der Waals surface area (Å²) in [5.74, 6) is -1.43. The monoisotopic (exact) mass is 411 g/mol. The minimum atomic E-state index is -1.07. The van der Waals surface area contributed by atoms with Gasteiger partial charge in [0.05, 0.1) is 16.9 Å². The van der Waals surface area contributed by atoms with Crippen LogP contribution in [-0.4, -0.2) is 43.2 Å². The largest absolute Gasteiger partial charge is 0.478 e. The van der Waals surface area contributed by atoms with Crippen molar-refractivity contribution in [1.29, 1.82) is 0 Å². The Kier molecular flexibility index (Phi) is 5.88. The average molecular weight is 411 g/mol. The Balaban J connectivity index is 1.46. The molecule has 0 unspecified atom stereocenters. The minimum Gasteiger partial charge on any atom is -0.478 e. The number of anilines is 3. The van der Waals surface area contributed by atoms with Crippen molar-refractivity contribution in [2.75, 3.05) is 41.3 Å². The van der Waals surface area contributed by atoms with Gasteiger partial charge in [0.2, 0.25) is 5.91 Å². The number of carbonyl (C=O) groups excluding carboxylic acids is 1. The number of halogens is 1. The van der Waals surface area contributed by atoms with E-state index in [0.29, 0.717) is 37.6 Å². The predicted molar refractivity (Wildman–Crippen MR) is 115 cm³/mol. The second-order valence-electron chi connectivity index (χ2n) is 7.93. The van der Waals surface area contributed by atoms with Gasteiger partial charge in [-0.2, -0.15) is 0 Å². The molecule has 6 nitrogen and oxygen atoms in total. The molecule has 2 aromatic rings. The zero-order valence-corrected chi connectivity index (χ0v) is 16.8. The number of aromatic carboxylic acids is 1. The molecule has 1 aliphatic heterocycles. The number of hydrogen-bond donors (Lipinski definition) is 2. The third-order valence-electron chi connectivity index (χ3n) is 6.06. The lowest BCUT2D eigenvalue weighted by molar-refractivity contribution is -0.119. The summed E-state index contributed by atoms with van der Waals surface area (Å²) in [6.45, 7) is 2.59. The standard InChI is InChI=1S/C23H26FN3O3/c24-19-7-3-4-8-21(19)27-13-11-26(12-14-27)17-9-10-20(18(15-17)23(29)30)25-22(28)16-5-1-2-6-16/h3-4,7-10,15-16H,1-2,5-6,11-14H2,(H,25,28)(H,29,30). The summed E-state index contributed by atoms with van der Waals surface area (Å²) >= 11 is 0. The van der Waals surface area contributed by atoms with Crippen LogP contribution in [0.2, 0.25) is 0 Å². The third kappa shape index (κ3) is 4.25. The van der Waals surface area contributed by atoms with Gasteiger partial charge in [0.1, 0.15) is 5.82 Å². The van der Waals surface area contributed by atoms with Crippen molar-refractivity contribution in [2.24, 2.45) is 5.92 Å². The maximum Gasteiger partial charge on any atom is 0.337 e. The number of carboxylic acids is 1. The van der Waals surface area contributed by atoms with Gasteiger partial charge >= 0.3 is 5.97 Å². The van der Waals surface area contributed by atoms with E-state index in [1.165, 1.54) is 6.07 Å². The first kappa shape index (κ1) is 20.2. The Bertz CT molecular complexity index is 935. The van der Waals surface area contributed by atoms with Gasteiger partial charge in [-0.3, -0.25) is 4.79 Å². The van der Waals surface area contributed by atoms with E-state index in [4.69, 9.17) is 0 Å². The summed E-state index contributed by atoms with van der Waals surface area (Å²) in [6.07, 6.45) is 3.81. The molecule has 2 N–H and O–H groups in total. The number of hydrogen-bond acceptors (Lipinski definition) is 4. The summed E-state index contributed by atoms with van der Waals surface area (Å²) in [5.41, 5.74) is 1.82. The van der Waals surface area contributed by atoms with Crippen LogP contribution in [0.3, 0.4) is 0 Å². The minimum absolute atomic E-state index is 0.0298. The van der Waals surface area contributed by atoms with Crippen LogP contribution < -0.4 is 15.1 Å². The number of benzene rings is 2. The zero-order valence-electron chi connectivity index (χ0n) is 16.8. The molecular formula is C23H26FN3O3. The van der Waals surface area contributed by atoms with Crippen LogP contribution in [0.4, 0.5) is 21.5 Å². The van der Waals surface area contributed by atoms with E-state index >= 15 is 0 Å². The van der Waals surface area contributed by atoms with Crippen LogP contribution in [0.25, 0.3) is 0 Å². The topological polar surface area (TPSA) is 72.9 Å². The lowest BCUT2D eigenvalue weighted by Crippen LogP contribution is -2.46. The van der Waals surface area contributed by atoms with E-state index < -0.39 is 5.97 Å². The van der Waals surface area contributed by atoms with E-state index in [1.54, 1.807) is 24.3 Å². The number of nitrogens with one attached hydrogen (secondary N) is 1. The van der Waals surface area contributed by atoms with Crippen LogP contribution in [0.15, 0.2) is 42.5 Å². The Morgan fingerprint density at radius 2 is 1.63 bits per heavy atom. The summed E-state index contributed by atoms with van der Waals surface area (Å²) in [4.78, 5) is 28.3. The molecule has 0 bridgehead atoms. The van der Waals surface area contributed by atoms with Crippen LogP contribution in [0.1, 0.15) is 36.0 Å². The number of carboxylic acid groups (broad SMARTS) is 1. The quantitative estimate of drug-likeness (QED) is 0.779. The fraction of sp³-hybridized carbons (Fsp3) is 0.391. The van der Waals surface area contributed by atoms with Crippen LogP contribution in [0.5, 0.6) is 0 Å². The van der Waals surface area contributed by atoms with E-state index in [0.717, 1.165) is 31.4 Å². The Hall–Kier alpha value is -3.09. The molecule has 0 atom stereocenters.